The second-order valence-electron chi connectivity index (χ2n) is 5.82. The maximum atomic E-state index is 12.0. The largest absolute Gasteiger partial charge is 0.316 e. The van der Waals surface area contributed by atoms with Gasteiger partial charge < -0.3 is 5.32 Å². The van der Waals surface area contributed by atoms with Gasteiger partial charge in [-0.25, -0.2) is 0 Å². The Morgan fingerprint density at radius 2 is 1.94 bits per heavy atom. The summed E-state index contributed by atoms with van der Waals surface area (Å²) in [6.45, 7) is 4.60. The Kier molecular flexibility index (Phi) is 4.39. The average Bonchev–Trinajstić information content (AvgIpc) is 2.80. The van der Waals surface area contributed by atoms with Crippen LogP contribution in [0.15, 0.2) is 0 Å². The number of hydrogen-bond donors (Lipinski definition) is 1. The van der Waals surface area contributed by atoms with Gasteiger partial charge in [-0.1, -0.05) is 19.8 Å². The minimum atomic E-state index is 0.408. The molecule has 16 heavy (non-hydrogen) atoms. The van der Waals surface area contributed by atoms with Crippen LogP contribution in [0.2, 0.25) is 0 Å². The number of nitrogens with one attached hydrogen (secondary N) is 1. The van der Waals surface area contributed by atoms with Crippen molar-refractivity contribution in [3.63, 3.8) is 0 Å². The van der Waals surface area contributed by atoms with Crippen LogP contribution in [0.1, 0.15) is 51.9 Å². The summed E-state index contributed by atoms with van der Waals surface area (Å²) in [6, 6.07) is 0. The summed E-state index contributed by atoms with van der Waals surface area (Å²) in [4.78, 5) is 12.0. The van der Waals surface area contributed by atoms with E-state index in [-0.39, 0.29) is 0 Å². The first-order valence-electron chi connectivity index (χ1n) is 6.99. The molecule has 1 aliphatic carbocycles. The summed E-state index contributed by atoms with van der Waals surface area (Å²) >= 11 is 0. The van der Waals surface area contributed by atoms with Gasteiger partial charge in [0.2, 0.25) is 0 Å². The van der Waals surface area contributed by atoms with E-state index in [1.54, 1.807) is 0 Å². The fourth-order valence-corrected chi connectivity index (χ4v) is 3.09. The molecule has 0 aromatic carbocycles. The van der Waals surface area contributed by atoms with Crippen LogP contribution in [0, 0.1) is 17.8 Å². The van der Waals surface area contributed by atoms with Crippen LogP contribution in [0.3, 0.4) is 0 Å². The minimum Gasteiger partial charge on any atom is -0.316 e. The van der Waals surface area contributed by atoms with E-state index in [0.29, 0.717) is 11.7 Å². The number of ketones is 1. The van der Waals surface area contributed by atoms with Crippen LogP contribution in [0.25, 0.3) is 0 Å². The van der Waals surface area contributed by atoms with Gasteiger partial charge in [-0.2, -0.15) is 0 Å². The number of hydrogen-bond acceptors (Lipinski definition) is 2. The van der Waals surface area contributed by atoms with Crippen molar-refractivity contribution in [3.05, 3.63) is 0 Å². The van der Waals surface area contributed by atoms with Crippen LogP contribution < -0.4 is 5.32 Å². The molecule has 1 unspecified atom stereocenters. The molecule has 1 heterocycles. The molecule has 0 aromatic heterocycles. The van der Waals surface area contributed by atoms with Gasteiger partial charge in [0, 0.05) is 12.3 Å². The summed E-state index contributed by atoms with van der Waals surface area (Å²) < 4.78 is 0. The minimum absolute atomic E-state index is 0.408. The smallest absolute Gasteiger partial charge is 0.135 e. The molecule has 1 saturated heterocycles. The van der Waals surface area contributed by atoms with Gasteiger partial charge in [0.1, 0.15) is 5.78 Å². The molecule has 0 spiro atoms. The zero-order valence-corrected chi connectivity index (χ0v) is 10.5. The molecule has 0 bridgehead atoms. The lowest BCUT2D eigenvalue weighted by atomic mass is 9.79. The van der Waals surface area contributed by atoms with Crippen molar-refractivity contribution in [1.29, 1.82) is 0 Å². The van der Waals surface area contributed by atoms with Gasteiger partial charge in [-0.15, -0.1) is 0 Å². The highest BCUT2D eigenvalue weighted by Gasteiger charge is 2.25. The number of rotatable bonds is 4. The highest BCUT2D eigenvalue weighted by Crippen LogP contribution is 2.30. The van der Waals surface area contributed by atoms with E-state index >= 15 is 0 Å². The predicted molar refractivity (Wildman–Crippen MR) is 66.3 cm³/mol. The Bertz CT molecular complexity index is 225. The Morgan fingerprint density at radius 1 is 1.19 bits per heavy atom. The van der Waals surface area contributed by atoms with Crippen molar-refractivity contribution in [3.8, 4) is 0 Å². The first-order valence-corrected chi connectivity index (χ1v) is 6.99. The lowest BCUT2D eigenvalue weighted by Gasteiger charge is -2.25. The highest BCUT2D eigenvalue weighted by molar-refractivity contribution is 5.81. The van der Waals surface area contributed by atoms with Gasteiger partial charge in [0.25, 0.3) is 0 Å². The second kappa shape index (κ2) is 5.81. The summed E-state index contributed by atoms with van der Waals surface area (Å²) in [5, 5.41) is 3.37. The van der Waals surface area contributed by atoms with Crippen LogP contribution in [0.5, 0.6) is 0 Å². The van der Waals surface area contributed by atoms with Crippen LogP contribution >= 0.6 is 0 Å². The van der Waals surface area contributed by atoms with Gasteiger partial charge in [-0.05, 0) is 50.6 Å². The van der Waals surface area contributed by atoms with Gasteiger partial charge in [-0.3, -0.25) is 4.79 Å². The summed E-state index contributed by atoms with van der Waals surface area (Å²) in [5.41, 5.74) is 0. The van der Waals surface area contributed by atoms with Crippen molar-refractivity contribution in [2.24, 2.45) is 17.8 Å². The van der Waals surface area contributed by atoms with Gasteiger partial charge in [0.05, 0.1) is 0 Å². The zero-order chi connectivity index (χ0) is 11.4. The van der Waals surface area contributed by atoms with E-state index in [0.717, 1.165) is 50.6 Å². The zero-order valence-electron chi connectivity index (χ0n) is 10.5. The number of Topliss-reactive ketones (excluding diaryl/α,β-unsaturated/α-hetero) is 1. The van der Waals surface area contributed by atoms with Crippen LogP contribution in [0.4, 0.5) is 0 Å². The third-order valence-electron chi connectivity index (χ3n) is 4.43. The monoisotopic (exact) mass is 223 g/mol. The van der Waals surface area contributed by atoms with Crippen molar-refractivity contribution >= 4 is 5.78 Å². The van der Waals surface area contributed by atoms with E-state index in [2.05, 4.69) is 12.2 Å². The van der Waals surface area contributed by atoms with E-state index < -0.39 is 0 Å². The molecular formula is C14H25NO. The Balaban J connectivity index is 1.67. The summed E-state index contributed by atoms with van der Waals surface area (Å²) in [7, 11) is 0. The molecule has 2 fully saturated rings. The third-order valence-corrected chi connectivity index (χ3v) is 4.43. The van der Waals surface area contributed by atoms with Crippen molar-refractivity contribution < 1.29 is 4.79 Å². The Labute approximate surface area is 99.2 Å². The quantitative estimate of drug-likeness (QED) is 0.794. The average molecular weight is 223 g/mol. The summed E-state index contributed by atoms with van der Waals surface area (Å²) in [5.74, 6) is 2.58. The lowest BCUT2D eigenvalue weighted by molar-refractivity contribution is -0.124. The van der Waals surface area contributed by atoms with Gasteiger partial charge in [0.15, 0.2) is 0 Å². The molecule has 1 atom stereocenters. The SMILES string of the molecule is CC1CCC(C(=O)CCC2CCNC2)CC1. The van der Waals surface area contributed by atoms with Crippen molar-refractivity contribution in [2.45, 2.75) is 51.9 Å². The van der Waals surface area contributed by atoms with Gasteiger partial charge >= 0.3 is 0 Å². The molecule has 1 saturated carbocycles. The second-order valence-corrected chi connectivity index (χ2v) is 5.82. The molecule has 0 amide bonds. The molecule has 2 heteroatoms. The third kappa shape index (κ3) is 3.31. The first-order chi connectivity index (χ1) is 7.75. The fourth-order valence-electron chi connectivity index (χ4n) is 3.09. The maximum absolute atomic E-state index is 12.0. The lowest BCUT2D eigenvalue weighted by Crippen LogP contribution is -2.21. The van der Waals surface area contributed by atoms with Crippen molar-refractivity contribution in [2.75, 3.05) is 13.1 Å². The molecule has 2 rings (SSSR count). The van der Waals surface area contributed by atoms with E-state index in [1.807, 2.05) is 0 Å². The van der Waals surface area contributed by atoms with Crippen LogP contribution in [-0.2, 0) is 4.79 Å². The fraction of sp³-hybridized carbons (Fsp3) is 0.929. The highest BCUT2D eigenvalue weighted by atomic mass is 16.1. The molecule has 92 valence electrons. The molecule has 0 aromatic rings. The molecule has 0 radical (unpaired) electrons. The summed E-state index contributed by atoms with van der Waals surface area (Å²) in [6.07, 6.45) is 8.08. The molecule has 1 aliphatic heterocycles. The predicted octanol–water partition coefficient (Wildman–Crippen LogP) is 2.77. The number of carbonyl (C=O) groups excluding carboxylic acids is 1. The Hall–Kier alpha value is -0.370. The van der Waals surface area contributed by atoms with E-state index in [4.69, 9.17) is 0 Å². The van der Waals surface area contributed by atoms with Crippen molar-refractivity contribution in [1.82, 2.24) is 5.32 Å². The standard InChI is InChI=1S/C14H25NO/c1-11-2-5-13(6-3-11)14(16)7-4-12-8-9-15-10-12/h11-13,15H,2-10H2,1H3. The number of carbonyl (C=O) groups is 1. The molecular weight excluding hydrogens is 198 g/mol. The van der Waals surface area contributed by atoms with Crippen LogP contribution in [-0.4, -0.2) is 18.9 Å². The molecule has 2 aliphatic rings. The van der Waals surface area contributed by atoms with E-state index in [1.165, 1.54) is 19.3 Å². The molecule has 2 nitrogen and oxygen atoms in total. The normalized spacial score (nSPS) is 35.2. The Morgan fingerprint density at radius 3 is 2.56 bits per heavy atom. The topological polar surface area (TPSA) is 29.1 Å². The maximum Gasteiger partial charge on any atom is 0.135 e. The first kappa shape index (κ1) is 12.1. The molecule has 1 N–H and O–H groups in total. The van der Waals surface area contributed by atoms with E-state index in [9.17, 15) is 4.79 Å².